The molecule has 2 N–H and O–H groups in total. The van der Waals surface area contributed by atoms with E-state index in [1.165, 1.54) is 5.56 Å². The minimum atomic E-state index is -0.449. The lowest BCUT2D eigenvalue weighted by Gasteiger charge is -2.20. The van der Waals surface area contributed by atoms with Gasteiger partial charge in [0.25, 0.3) is 5.91 Å². The number of methoxy groups -OCH3 is 1. The third-order valence-corrected chi connectivity index (χ3v) is 7.45. The fourth-order valence-corrected chi connectivity index (χ4v) is 5.24. The van der Waals surface area contributed by atoms with Crippen LogP contribution in [-0.4, -0.2) is 37.7 Å². The van der Waals surface area contributed by atoms with E-state index < -0.39 is 6.04 Å². The Balaban J connectivity index is 1.38. The van der Waals surface area contributed by atoms with Crippen molar-refractivity contribution in [3.05, 3.63) is 143 Å². The van der Waals surface area contributed by atoms with Crippen LogP contribution < -0.4 is 10.1 Å². The highest BCUT2D eigenvalue weighted by molar-refractivity contribution is 5.92. The number of carbonyl (C=O) groups excluding carboxylic acids is 1. The van der Waals surface area contributed by atoms with Gasteiger partial charge >= 0.3 is 0 Å². The molecule has 0 saturated carbocycles. The van der Waals surface area contributed by atoms with Crippen molar-refractivity contribution in [1.29, 1.82) is 0 Å². The molecule has 210 valence electrons. The molecule has 3 aromatic heterocycles. The quantitative estimate of drug-likeness (QED) is 0.213. The van der Waals surface area contributed by atoms with Crippen LogP contribution >= 0.6 is 0 Å². The molecule has 0 fully saturated rings. The van der Waals surface area contributed by atoms with Gasteiger partial charge in [-0.2, -0.15) is 0 Å². The van der Waals surface area contributed by atoms with Gasteiger partial charge in [-0.3, -0.25) is 9.78 Å². The number of nitrogens with zero attached hydrogens (tertiary/aromatic N) is 4. The van der Waals surface area contributed by atoms with Crippen LogP contribution in [0.1, 0.15) is 44.9 Å². The minimum absolute atomic E-state index is 0.259. The lowest BCUT2D eigenvalue weighted by atomic mass is 10.0. The summed E-state index contributed by atoms with van der Waals surface area (Å²) in [5, 5.41) is 13.7. The van der Waals surface area contributed by atoms with Gasteiger partial charge in [0.05, 0.1) is 19.7 Å². The molecule has 1 atom stereocenters. The summed E-state index contributed by atoms with van der Waals surface area (Å²) in [6.45, 7) is 0.556. The van der Waals surface area contributed by atoms with Gasteiger partial charge in [0, 0.05) is 36.1 Å². The number of hydrogen-bond donors (Lipinski definition) is 2. The highest BCUT2D eigenvalue weighted by atomic mass is 16.5. The Morgan fingerprint density at radius 1 is 0.881 bits per heavy atom. The molecule has 42 heavy (non-hydrogen) atoms. The average Bonchev–Trinajstić information content (AvgIpc) is 3.64. The second-order valence-electron chi connectivity index (χ2n) is 10.2. The van der Waals surface area contributed by atoms with E-state index in [1.54, 1.807) is 25.4 Å². The van der Waals surface area contributed by atoms with E-state index in [9.17, 15) is 4.79 Å². The summed E-state index contributed by atoms with van der Waals surface area (Å²) in [5.41, 5.74) is 4.80. The summed E-state index contributed by atoms with van der Waals surface area (Å²) in [6, 6.07) is 31.4. The maximum Gasteiger partial charge on any atom is 0.270 e. The number of H-pyrrole nitrogens is 1. The number of nitrogens with one attached hydrogen (secondary N) is 2. The molecule has 0 aliphatic heterocycles. The molecule has 1 amide bonds. The Labute approximate surface area is 244 Å². The number of para-hydroxylation sites is 1. The molecule has 0 aliphatic carbocycles. The first-order valence-corrected chi connectivity index (χ1v) is 14.0. The number of hydrogen-bond acceptors (Lipinski definition) is 5. The lowest BCUT2D eigenvalue weighted by molar-refractivity contribution is 0.0929. The van der Waals surface area contributed by atoms with Crippen LogP contribution in [0.2, 0.25) is 0 Å². The number of carbonyl (C=O) groups is 1. The third-order valence-electron chi connectivity index (χ3n) is 7.45. The van der Waals surface area contributed by atoms with Gasteiger partial charge in [-0.1, -0.05) is 66.7 Å². The number of ether oxygens (including phenoxy) is 1. The average molecular weight is 557 g/mol. The number of benzene rings is 3. The van der Waals surface area contributed by atoms with Gasteiger partial charge in [0.15, 0.2) is 5.82 Å². The molecule has 3 aromatic carbocycles. The van der Waals surface area contributed by atoms with Crippen molar-refractivity contribution in [3.63, 3.8) is 0 Å². The fourth-order valence-electron chi connectivity index (χ4n) is 5.24. The zero-order chi connectivity index (χ0) is 28.7. The van der Waals surface area contributed by atoms with Crippen molar-refractivity contribution in [2.24, 2.45) is 0 Å². The maximum atomic E-state index is 13.4. The van der Waals surface area contributed by atoms with Gasteiger partial charge < -0.3 is 19.6 Å². The predicted molar refractivity (Wildman–Crippen MR) is 162 cm³/mol. The summed E-state index contributed by atoms with van der Waals surface area (Å²) in [6.07, 6.45) is 5.70. The van der Waals surface area contributed by atoms with E-state index in [2.05, 4.69) is 43.1 Å². The first kappa shape index (κ1) is 27.0. The van der Waals surface area contributed by atoms with Gasteiger partial charge in [0.2, 0.25) is 0 Å². The van der Waals surface area contributed by atoms with Crippen LogP contribution in [0.5, 0.6) is 5.75 Å². The molecule has 0 saturated heterocycles. The molecule has 8 heteroatoms. The van der Waals surface area contributed by atoms with Crippen molar-refractivity contribution in [1.82, 2.24) is 30.0 Å². The van der Waals surface area contributed by atoms with Crippen LogP contribution in [0, 0.1) is 0 Å². The third kappa shape index (κ3) is 6.07. The molecule has 3 heterocycles. The molecule has 8 nitrogen and oxygen atoms in total. The van der Waals surface area contributed by atoms with Crippen LogP contribution in [0.4, 0.5) is 0 Å². The Morgan fingerprint density at radius 3 is 2.45 bits per heavy atom. The van der Waals surface area contributed by atoms with E-state index in [0.717, 1.165) is 40.0 Å². The van der Waals surface area contributed by atoms with Crippen molar-refractivity contribution >= 4 is 16.8 Å². The van der Waals surface area contributed by atoms with Crippen LogP contribution in [0.3, 0.4) is 0 Å². The van der Waals surface area contributed by atoms with E-state index in [0.29, 0.717) is 30.9 Å². The number of fused-ring (bicyclic) bond motifs is 1. The Kier molecular flexibility index (Phi) is 8.03. The number of aromatic nitrogens is 5. The molecular weight excluding hydrogens is 524 g/mol. The second kappa shape index (κ2) is 12.5. The monoisotopic (exact) mass is 556 g/mol. The number of aryl methyl sites for hydroxylation is 2. The summed E-state index contributed by atoms with van der Waals surface area (Å²) in [4.78, 5) is 21.1. The summed E-state index contributed by atoms with van der Waals surface area (Å²) >= 11 is 0. The van der Waals surface area contributed by atoms with Crippen LogP contribution in [0.15, 0.2) is 109 Å². The number of amides is 1. The fraction of sp³-hybridized carbons (Fsp3) is 0.176. The normalized spacial score (nSPS) is 11.8. The van der Waals surface area contributed by atoms with E-state index in [-0.39, 0.29) is 5.91 Å². The Hall–Kier alpha value is -5.24. The molecule has 1 unspecified atom stereocenters. The first-order chi connectivity index (χ1) is 20.7. The van der Waals surface area contributed by atoms with E-state index >= 15 is 0 Å². The minimum Gasteiger partial charge on any atom is -0.497 e. The van der Waals surface area contributed by atoms with Crippen molar-refractivity contribution in [2.75, 3.05) is 7.11 Å². The maximum absolute atomic E-state index is 13.4. The number of pyridine rings is 1. The van der Waals surface area contributed by atoms with Gasteiger partial charge in [-0.15, -0.1) is 10.2 Å². The smallest absolute Gasteiger partial charge is 0.270 e. The zero-order valence-electron chi connectivity index (χ0n) is 23.4. The standard InChI is InChI=1S/C34H32N6O2/c1-42-27-17-14-25(15-18-27)23-40-32(19-16-24-9-3-2-4-10-24)38-39-33(40)31(37-34(41)30-13-7-8-20-35-30)21-26-22-36-29-12-6-5-11-28(26)29/h2-15,17-18,20,22,31,36H,16,19,21,23H2,1H3,(H,37,41). The second-order valence-corrected chi connectivity index (χ2v) is 10.2. The van der Waals surface area contributed by atoms with Crippen molar-refractivity contribution in [2.45, 2.75) is 31.8 Å². The predicted octanol–water partition coefficient (Wildman–Crippen LogP) is 5.71. The Morgan fingerprint density at radius 2 is 1.67 bits per heavy atom. The molecule has 6 rings (SSSR count). The van der Waals surface area contributed by atoms with Gasteiger partial charge in [-0.25, -0.2) is 0 Å². The molecule has 0 spiro atoms. The zero-order valence-corrected chi connectivity index (χ0v) is 23.4. The summed E-state index contributed by atoms with van der Waals surface area (Å²) in [7, 11) is 1.66. The molecular formula is C34H32N6O2. The topological polar surface area (TPSA) is 97.7 Å². The van der Waals surface area contributed by atoms with Crippen molar-refractivity contribution < 1.29 is 9.53 Å². The van der Waals surface area contributed by atoms with Gasteiger partial charge in [0.1, 0.15) is 17.3 Å². The van der Waals surface area contributed by atoms with Gasteiger partial charge in [-0.05, 0) is 53.4 Å². The van der Waals surface area contributed by atoms with Crippen molar-refractivity contribution in [3.8, 4) is 5.75 Å². The first-order valence-electron chi connectivity index (χ1n) is 14.0. The SMILES string of the molecule is COc1ccc(Cn2c(CCc3ccccc3)nnc2C(Cc2c[nH]c3ccccc23)NC(=O)c2ccccn2)cc1. The molecule has 0 bridgehead atoms. The highest BCUT2D eigenvalue weighted by Gasteiger charge is 2.26. The number of rotatable bonds is 11. The number of aromatic amines is 1. The summed E-state index contributed by atoms with van der Waals surface area (Å²) < 4.78 is 7.51. The largest absolute Gasteiger partial charge is 0.497 e. The van der Waals surface area contributed by atoms with E-state index in [1.807, 2.05) is 72.9 Å². The summed E-state index contributed by atoms with van der Waals surface area (Å²) in [5.74, 6) is 2.10. The molecule has 6 aromatic rings. The van der Waals surface area contributed by atoms with Crippen LogP contribution in [-0.2, 0) is 25.8 Å². The van der Waals surface area contributed by atoms with Crippen LogP contribution in [0.25, 0.3) is 10.9 Å². The molecule has 0 radical (unpaired) electrons. The Bertz CT molecular complexity index is 1760. The van der Waals surface area contributed by atoms with E-state index in [4.69, 9.17) is 9.84 Å². The molecule has 0 aliphatic rings. The highest BCUT2D eigenvalue weighted by Crippen LogP contribution is 2.26. The lowest BCUT2D eigenvalue weighted by Crippen LogP contribution is -2.33.